The topological polar surface area (TPSA) is 17.8 Å². The third-order valence-electron chi connectivity index (χ3n) is 1.63. The Bertz CT molecular complexity index is 210. The van der Waals surface area contributed by atoms with E-state index in [1.54, 1.807) is 0 Å². The fraction of sp³-hybridized carbons (Fsp3) is 0.625. The van der Waals surface area contributed by atoms with Gasteiger partial charge in [0.25, 0.3) is 0 Å². The molecule has 0 aliphatic rings. The molecule has 1 aromatic heterocycles. The molecule has 0 unspecified atom stereocenters. The monoisotopic (exact) mass is 264 g/mol. The Morgan fingerprint density at radius 2 is 2.36 bits per heavy atom. The Balaban J connectivity index is 2.58. The average Bonchev–Trinajstić information content (AvgIpc) is 2.28. The van der Waals surface area contributed by atoms with Crippen LogP contribution in [0.15, 0.2) is 6.20 Å². The van der Waals surface area contributed by atoms with Gasteiger partial charge >= 0.3 is 0 Å². The summed E-state index contributed by atoms with van der Waals surface area (Å²) in [5.41, 5.74) is 1.14. The second kappa shape index (κ2) is 4.09. The quantitative estimate of drug-likeness (QED) is 0.767. The van der Waals surface area contributed by atoms with Crippen LogP contribution in [-0.4, -0.2) is 9.78 Å². The highest BCUT2D eigenvalue weighted by Gasteiger charge is 1.99. The van der Waals surface area contributed by atoms with Gasteiger partial charge in [-0.2, -0.15) is 5.10 Å². The summed E-state index contributed by atoms with van der Waals surface area (Å²) in [5, 5.41) is 4.36. The number of nitrogens with zero attached hydrogens (tertiary/aromatic N) is 2. The van der Waals surface area contributed by atoms with Gasteiger partial charge in [0.05, 0.1) is 9.26 Å². The highest BCUT2D eigenvalue weighted by Crippen LogP contribution is 2.08. The fourth-order valence-corrected chi connectivity index (χ4v) is 1.36. The minimum Gasteiger partial charge on any atom is -0.271 e. The lowest BCUT2D eigenvalue weighted by molar-refractivity contribution is 0.568. The van der Waals surface area contributed by atoms with Gasteiger partial charge in [0.15, 0.2) is 0 Å². The Hall–Kier alpha value is -0.0600. The minimum atomic E-state index is 1.06. The van der Waals surface area contributed by atoms with Crippen LogP contribution < -0.4 is 0 Å². The molecule has 1 aromatic rings. The molecule has 0 fully saturated rings. The smallest absolute Gasteiger partial charge is 0.0727 e. The van der Waals surface area contributed by atoms with E-state index in [0.717, 1.165) is 12.2 Å². The molecular formula is C8H13IN2. The van der Waals surface area contributed by atoms with E-state index in [9.17, 15) is 0 Å². The van der Waals surface area contributed by atoms with Gasteiger partial charge in [0.1, 0.15) is 0 Å². The molecule has 0 aliphatic heterocycles. The molecule has 0 spiro atoms. The van der Waals surface area contributed by atoms with Gasteiger partial charge in [-0.3, -0.25) is 4.68 Å². The maximum atomic E-state index is 4.36. The van der Waals surface area contributed by atoms with Crippen molar-refractivity contribution in [3.05, 3.63) is 15.5 Å². The van der Waals surface area contributed by atoms with Crippen LogP contribution in [0.2, 0.25) is 0 Å². The van der Waals surface area contributed by atoms with Crippen molar-refractivity contribution in [3.8, 4) is 0 Å². The fourth-order valence-electron chi connectivity index (χ4n) is 0.928. The number of unbranched alkanes of at least 4 members (excludes halogenated alkanes) is 1. The van der Waals surface area contributed by atoms with Crippen LogP contribution in [0.5, 0.6) is 0 Å². The van der Waals surface area contributed by atoms with E-state index in [0.29, 0.717) is 0 Å². The van der Waals surface area contributed by atoms with Gasteiger partial charge in [0, 0.05) is 12.7 Å². The number of hydrogen-bond donors (Lipinski definition) is 0. The van der Waals surface area contributed by atoms with Gasteiger partial charge in [0.2, 0.25) is 0 Å². The molecule has 0 N–H and O–H groups in total. The summed E-state index contributed by atoms with van der Waals surface area (Å²) >= 11 is 2.31. The summed E-state index contributed by atoms with van der Waals surface area (Å²) in [6, 6.07) is 0. The molecular weight excluding hydrogens is 251 g/mol. The summed E-state index contributed by atoms with van der Waals surface area (Å²) in [6.07, 6.45) is 4.55. The zero-order valence-electron chi connectivity index (χ0n) is 6.97. The first-order chi connectivity index (χ1) is 5.24. The van der Waals surface area contributed by atoms with E-state index < -0.39 is 0 Å². The first-order valence-corrected chi connectivity index (χ1v) is 5.01. The van der Waals surface area contributed by atoms with Crippen LogP contribution in [0, 0.1) is 10.5 Å². The van der Waals surface area contributed by atoms with Crippen LogP contribution in [0.1, 0.15) is 25.5 Å². The van der Waals surface area contributed by atoms with Gasteiger partial charge in [-0.05, 0) is 35.9 Å². The predicted octanol–water partition coefficient (Wildman–Crippen LogP) is 2.60. The van der Waals surface area contributed by atoms with E-state index in [-0.39, 0.29) is 0 Å². The molecule has 11 heavy (non-hydrogen) atoms. The maximum Gasteiger partial charge on any atom is 0.0727 e. The molecule has 0 saturated heterocycles. The molecule has 0 aromatic carbocycles. The van der Waals surface area contributed by atoms with E-state index in [2.05, 4.69) is 40.8 Å². The Morgan fingerprint density at radius 3 is 2.82 bits per heavy atom. The molecule has 2 nitrogen and oxygen atoms in total. The van der Waals surface area contributed by atoms with E-state index in [1.165, 1.54) is 16.4 Å². The Morgan fingerprint density at radius 1 is 1.64 bits per heavy atom. The summed E-state index contributed by atoms with van der Waals surface area (Å²) in [5.74, 6) is 0. The van der Waals surface area contributed by atoms with E-state index in [1.807, 2.05) is 11.6 Å². The van der Waals surface area contributed by atoms with Crippen molar-refractivity contribution in [2.75, 3.05) is 0 Å². The van der Waals surface area contributed by atoms with Crippen LogP contribution in [0.4, 0.5) is 0 Å². The molecule has 0 aliphatic carbocycles. The molecule has 0 saturated carbocycles. The predicted molar refractivity (Wildman–Crippen MR) is 54.6 cm³/mol. The van der Waals surface area contributed by atoms with Crippen molar-refractivity contribution in [1.82, 2.24) is 9.78 Å². The highest BCUT2D eigenvalue weighted by atomic mass is 127. The normalized spacial score (nSPS) is 10.5. The van der Waals surface area contributed by atoms with Crippen molar-refractivity contribution in [3.63, 3.8) is 0 Å². The van der Waals surface area contributed by atoms with Crippen molar-refractivity contribution in [2.24, 2.45) is 0 Å². The maximum absolute atomic E-state index is 4.36. The average molecular weight is 264 g/mol. The molecule has 0 amide bonds. The lowest BCUT2D eigenvalue weighted by atomic mass is 10.3. The minimum absolute atomic E-state index is 1.06. The SMILES string of the molecule is CCCCn1cc(I)c(C)n1. The second-order valence-electron chi connectivity index (χ2n) is 2.68. The second-order valence-corrected chi connectivity index (χ2v) is 3.84. The van der Waals surface area contributed by atoms with Crippen LogP contribution in [-0.2, 0) is 6.54 Å². The first-order valence-electron chi connectivity index (χ1n) is 3.93. The number of halogens is 1. The van der Waals surface area contributed by atoms with Gasteiger partial charge < -0.3 is 0 Å². The zero-order chi connectivity index (χ0) is 8.27. The third-order valence-corrected chi connectivity index (χ3v) is 2.69. The number of rotatable bonds is 3. The summed E-state index contributed by atoms with van der Waals surface area (Å²) < 4.78 is 3.29. The summed E-state index contributed by atoms with van der Waals surface area (Å²) in [4.78, 5) is 0. The third kappa shape index (κ3) is 2.47. The molecule has 0 radical (unpaired) electrons. The molecule has 1 heterocycles. The van der Waals surface area contributed by atoms with Crippen LogP contribution in [0.3, 0.4) is 0 Å². The number of aryl methyl sites for hydroxylation is 2. The largest absolute Gasteiger partial charge is 0.271 e. The zero-order valence-corrected chi connectivity index (χ0v) is 9.13. The van der Waals surface area contributed by atoms with E-state index >= 15 is 0 Å². The lowest BCUT2D eigenvalue weighted by Crippen LogP contribution is -1.97. The summed E-state index contributed by atoms with van der Waals surface area (Å²) in [7, 11) is 0. The Labute approximate surface area is 81.1 Å². The van der Waals surface area contributed by atoms with Crippen molar-refractivity contribution >= 4 is 22.6 Å². The van der Waals surface area contributed by atoms with Crippen LogP contribution >= 0.6 is 22.6 Å². The molecule has 3 heteroatoms. The van der Waals surface area contributed by atoms with Crippen molar-refractivity contribution < 1.29 is 0 Å². The summed E-state index contributed by atoms with van der Waals surface area (Å²) in [6.45, 7) is 5.30. The van der Waals surface area contributed by atoms with Crippen LogP contribution in [0.25, 0.3) is 0 Å². The van der Waals surface area contributed by atoms with Gasteiger partial charge in [-0.1, -0.05) is 13.3 Å². The van der Waals surface area contributed by atoms with Gasteiger partial charge in [-0.15, -0.1) is 0 Å². The lowest BCUT2D eigenvalue weighted by Gasteiger charge is -1.96. The number of aromatic nitrogens is 2. The Kier molecular flexibility index (Phi) is 3.36. The van der Waals surface area contributed by atoms with Crippen molar-refractivity contribution in [2.45, 2.75) is 33.2 Å². The molecule has 0 bridgehead atoms. The van der Waals surface area contributed by atoms with Gasteiger partial charge in [-0.25, -0.2) is 0 Å². The molecule has 62 valence electrons. The standard InChI is InChI=1S/C8H13IN2/c1-3-4-5-11-6-8(9)7(2)10-11/h6H,3-5H2,1-2H3. The highest BCUT2D eigenvalue weighted by molar-refractivity contribution is 14.1. The number of hydrogen-bond acceptors (Lipinski definition) is 1. The first kappa shape index (κ1) is 9.03. The molecule has 1 rings (SSSR count). The molecule has 0 atom stereocenters. The van der Waals surface area contributed by atoms with E-state index in [4.69, 9.17) is 0 Å². The van der Waals surface area contributed by atoms with Crippen molar-refractivity contribution in [1.29, 1.82) is 0 Å².